The van der Waals surface area contributed by atoms with Crippen LogP contribution in [-0.2, 0) is 55.8 Å². The van der Waals surface area contributed by atoms with E-state index in [1.807, 2.05) is 0 Å². The summed E-state index contributed by atoms with van der Waals surface area (Å²) >= 11 is 0. The van der Waals surface area contributed by atoms with Crippen molar-refractivity contribution in [3.8, 4) is 0 Å². The van der Waals surface area contributed by atoms with Crippen molar-refractivity contribution in [3.05, 3.63) is 134 Å². The Morgan fingerprint density at radius 3 is 0.770 bits per heavy atom. The number of hydrogen-bond donors (Lipinski definition) is 4. The fraction of sp³-hybridized carbons (Fsp3) is 0.737. The first-order chi connectivity index (χ1) is 55.2. The second-order valence-electron chi connectivity index (χ2n) is 30.4. The standard InChI is InChI=1S/C95H166O16P2/c1-4-7-10-13-16-19-22-25-28-30-32-34-36-38-40-41-42-43-44-45-46-47-49-51-52-54-56-58-61-63-66-69-72-75-78-81-93(98)105-84-90(96)85-107-112(101,102)108-86-91(97)87-109-113(103,104)110-89-92(111-95(100)83-80-77-74-71-68-65-60-27-24-21-18-15-12-9-6-3)88-106-94(99)82-79-76-73-70-67-64-62-59-57-55-53-50-48-39-37-35-33-31-29-26-23-20-17-14-11-8-5-2/h7,10,16-17,19-20,25-29,32-35,38-40,42-43,48,60,90-92,96-97H,4-6,8-9,11-15,18,21-24,30-31,36-37,41,44-47,49-59,61-89H2,1-3H3,(H,101,102)(H,103,104)/b10-7-,19-16-,20-17-,28-25-,29-26-,34-32-,35-33-,40-38-,43-42-,48-39-,60-27-. The van der Waals surface area contributed by atoms with Crippen LogP contribution in [0.2, 0.25) is 0 Å². The average Bonchev–Trinajstić information content (AvgIpc) is 0.904. The van der Waals surface area contributed by atoms with Gasteiger partial charge in [0.05, 0.1) is 26.4 Å². The molecule has 0 saturated heterocycles. The molecule has 0 saturated carbocycles. The molecular formula is C95H166O16P2. The van der Waals surface area contributed by atoms with E-state index in [9.17, 15) is 43.5 Å². The lowest BCUT2D eigenvalue weighted by atomic mass is 10.0. The Hall–Kier alpha value is -4.31. The van der Waals surface area contributed by atoms with Crippen molar-refractivity contribution >= 4 is 33.6 Å². The van der Waals surface area contributed by atoms with Crippen molar-refractivity contribution in [1.82, 2.24) is 0 Å². The van der Waals surface area contributed by atoms with Gasteiger partial charge in [0.1, 0.15) is 25.4 Å². The zero-order chi connectivity index (χ0) is 82.2. The van der Waals surface area contributed by atoms with Crippen LogP contribution in [0.25, 0.3) is 0 Å². The predicted molar refractivity (Wildman–Crippen MR) is 473 cm³/mol. The summed E-state index contributed by atoms with van der Waals surface area (Å²) in [7, 11) is -9.80. The Balaban J connectivity index is 4.44. The van der Waals surface area contributed by atoms with E-state index < -0.39 is 91.5 Å². The lowest BCUT2D eigenvalue weighted by Gasteiger charge is -2.21. The number of unbranched alkanes of at least 4 members (excludes halogenated alkanes) is 41. The number of carbonyl (C=O) groups excluding carboxylic acids is 3. The number of aliphatic hydroxyl groups is 2. The Labute approximate surface area is 690 Å². The molecule has 0 aliphatic heterocycles. The Morgan fingerprint density at radius 1 is 0.257 bits per heavy atom. The van der Waals surface area contributed by atoms with Crippen LogP contribution in [0.3, 0.4) is 0 Å². The summed E-state index contributed by atoms with van der Waals surface area (Å²) in [5.74, 6) is -1.57. The molecule has 0 heterocycles. The lowest BCUT2D eigenvalue weighted by molar-refractivity contribution is -0.161. The van der Waals surface area contributed by atoms with E-state index in [1.54, 1.807) is 0 Å². The topological polar surface area (TPSA) is 231 Å². The van der Waals surface area contributed by atoms with Gasteiger partial charge in [0.2, 0.25) is 0 Å². The summed E-state index contributed by atoms with van der Waals surface area (Å²) in [5.41, 5.74) is 0. The van der Waals surface area contributed by atoms with Crippen molar-refractivity contribution in [1.29, 1.82) is 0 Å². The van der Waals surface area contributed by atoms with Gasteiger partial charge in [0.25, 0.3) is 0 Å². The first-order valence-corrected chi connectivity index (χ1v) is 48.5. The smallest absolute Gasteiger partial charge is 0.463 e. The van der Waals surface area contributed by atoms with Gasteiger partial charge in [0, 0.05) is 19.3 Å². The van der Waals surface area contributed by atoms with Crippen molar-refractivity contribution in [3.63, 3.8) is 0 Å². The van der Waals surface area contributed by atoms with Gasteiger partial charge in [-0.2, -0.15) is 0 Å². The van der Waals surface area contributed by atoms with Gasteiger partial charge in [-0.1, -0.05) is 366 Å². The largest absolute Gasteiger partial charge is 0.472 e. The maximum Gasteiger partial charge on any atom is 0.472 e. The van der Waals surface area contributed by atoms with E-state index in [4.69, 9.17) is 32.3 Å². The molecule has 652 valence electrons. The first kappa shape index (κ1) is 109. The highest BCUT2D eigenvalue weighted by atomic mass is 31.2. The number of allylic oxidation sites excluding steroid dienone is 22. The van der Waals surface area contributed by atoms with E-state index in [0.717, 1.165) is 148 Å². The number of phosphoric ester groups is 2. The molecule has 0 aromatic carbocycles. The Kier molecular flexibility index (Phi) is 83.7. The van der Waals surface area contributed by atoms with Crippen molar-refractivity contribution < 1.29 is 75.8 Å². The monoisotopic (exact) mass is 1630 g/mol. The number of esters is 3. The van der Waals surface area contributed by atoms with Crippen LogP contribution in [-0.4, -0.2) is 95.9 Å². The number of aliphatic hydroxyl groups excluding tert-OH is 2. The van der Waals surface area contributed by atoms with Crippen molar-refractivity contribution in [2.24, 2.45) is 0 Å². The average molecular weight is 1630 g/mol. The van der Waals surface area contributed by atoms with Crippen LogP contribution in [0.15, 0.2) is 134 Å². The fourth-order valence-corrected chi connectivity index (χ4v) is 14.0. The van der Waals surface area contributed by atoms with Gasteiger partial charge in [-0.25, -0.2) is 9.13 Å². The summed E-state index contributed by atoms with van der Waals surface area (Å²) in [5, 5.41) is 20.7. The summed E-state index contributed by atoms with van der Waals surface area (Å²) < 4.78 is 61.4. The van der Waals surface area contributed by atoms with E-state index in [0.29, 0.717) is 19.3 Å². The number of rotatable bonds is 86. The molecule has 5 atom stereocenters. The highest BCUT2D eigenvalue weighted by Crippen LogP contribution is 2.45. The molecule has 5 unspecified atom stereocenters. The summed E-state index contributed by atoms with van der Waals surface area (Å²) in [6.45, 7) is 2.58. The maximum atomic E-state index is 13.0. The minimum Gasteiger partial charge on any atom is -0.463 e. The number of hydrogen-bond acceptors (Lipinski definition) is 14. The van der Waals surface area contributed by atoms with Gasteiger partial charge in [-0.3, -0.25) is 32.5 Å². The van der Waals surface area contributed by atoms with E-state index in [2.05, 4.69) is 154 Å². The molecule has 0 aromatic heterocycles. The van der Waals surface area contributed by atoms with Crippen molar-refractivity contribution in [2.45, 2.75) is 411 Å². The predicted octanol–water partition coefficient (Wildman–Crippen LogP) is 27.8. The van der Waals surface area contributed by atoms with Gasteiger partial charge in [-0.05, 0) is 141 Å². The van der Waals surface area contributed by atoms with Gasteiger partial charge >= 0.3 is 33.6 Å². The van der Waals surface area contributed by atoms with Crippen LogP contribution in [0.1, 0.15) is 393 Å². The van der Waals surface area contributed by atoms with E-state index in [1.165, 1.54) is 186 Å². The highest BCUT2D eigenvalue weighted by molar-refractivity contribution is 7.47. The maximum absolute atomic E-state index is 13.0. The summed E-state index contributed by atoms with van der Waals surface area (Å²) in [6.07, 6.45) is 108. The lowest BCUT2D eigenvalue weighted by Crippen LogP contribution is -2.30. The third-order valence-electron chi connectivity index (χ3n) is 19.3. The van der Waals surface area contributed by atoms with Crippen LogP contribution < -0.4 is 0 Å². The zero-order valence-electron chi connectivity index (χ0n) is 71.8. The molecule has 0 aliphatic carbocycles. The minimum atomic E-state index is -4.94. The van der Waals surface area contributed by atoms with E-state index in [-0.39, 0.29) is 19.3 Å². The second-order valence-corrected chi connectivity index (χ2v) is 33.3. The quantitative estimate of drug-likeness (QED) is 0.0146. The van der Waals surface area contributed by atoms with E-state index >= 15 is 0 Å². The minimum absolute atomic E-state index is 0.0944. The van der Waals surface area contributed by atoms with Crippen LogP contribution in [0.5, 0.6) is 0 Å². The van der Waals surface area contributed by atoms with Gasteiger partial charge < -0.3 is 34.2 Å². The molecule has 4 N–H and O–H groups in total. The molecular weight excluding hydrogens is 1460 g/mol. The Bertz CT molecular complexity index is 2580. The molecule has 0 aliphatic rings. The van der Waals surface area contributed by atoms with Gasteiger partial charge in [0.15, 0.2) is 6.10 Å². The molecule has 0 aromatic rings. The SMILES string of the molecule is CC/C=C\C/C=C\C/C=C\C/C=C\C/C=C\C/C=C\CCCCCCCCCCCCCCCCCCC(=O)OCC(O)COP(=O)(O)OCC(O)COP(=O)(O)OCC(COC(=O)CCCCCCCCCCCCC/C=C\C/C=C\C/C=C\C/C=C\CCCCC)OC(=O)CCCCCCC/C=C\CCCCCCCC. The first-order valence-electron chi connectivity index (χ1n) is 45.5. The summed E-state index contributed by atoms with van der Waals surface area (Å²) in [4.78, 5) is 58.9. The molecule has 113 heavy (non-hydrogen) atoms. The second kappa shape index (κ2) is 87.0. The van der Waals surface area contributed by atoms with Gasteiger partial charge in [-0.15, -0.1) is 0 Å². The zero-order valence-corrected chi connectivity index (χ0v) is 73.6. The van der Waals surface area contributed by atoms with Crippen molar-refractivity contribution in [2.75, 3.05) is 39.6 Å². The third-order valence-corrected chi connectivity index (χ3v) is 21.2. The number of ether oxygens (including phenoxy) is 3. The normalized spacial score (nSPS) is 14.4. The Morgan fingerprint density at radius 2 is 0.469 bits per heavy atom. The molecule has 0 spiro atoms. The highest BCUT2D eigenvalue weighted by Gasteiger charge is 2.29. The molecule has 16 nitrogen and oxygen atoms in total. The van der Waals surface area contributed by atoms with Crippen LogP contribution in [0.4, 0.5) is 0 Å². The van der Waals surface area contributed by atoms with Crippen LogP contribution in [0, 0.1) is 0 Å². The molecule has 18 heteroatoms. The molecule has 0 fully saturated rings. The number of carbonyl (C=O) groups is 3. The third kappa shape index (κ3) is 88.3. The molecule has 0 amide bonds. The van der Waals surface area contributed by atoms with Crippen LogP contribution >= 0.6 is 15.6 Å². The molecule has 0 bridgehead atoms. The molecule has 0 radical (unpaired) electrons. The fourth-order valence-electron chi connectivity index (χ4n) is 12.4. The number of phosphoric acid groups is 2. The molecule has 0 rings (SSSR count). The summed E-state index contributed by atoms with van der Waals surface area (Å²) in [6, 6.07) is 0.